The molecule has 0 saturated carbocycles. The van der Waals surface area contributed by atoms with Crippen LogP contribution in [0, 0.1) is 0 Å². The van der Waals surface area contributed by atoms with Crippen molar-refractivity contribution in [2.75, 3.05) is 13.1 Å². The minimum atomic E-state index is 0.0412. The second-order valence-corrected chi connectivity index (χ2v) is 5.31. The molecule has 4 nitrogen and oxygen atoms in total. The molecule has 104 valence electrons. The summed E-state index contributed by atoms with van der Waals surface area (Å²) in [6.07, 6.45) is 7.63. The summed E-state index contributed by atoms with van der Waals surface area (Å²) in [5.74, 6) is 0.0412. The molecule has 1 aliphatic rings. The van der Waals surface area contributed by atoms with Gasteiger partial charge < -0.3 is 4.90 Å². The third-order valence-electron chi connectivity index (χ3n) is 3.83. The van der Waals surface area contributed by atoms with Gasteiger partial charge in [0.2, 0.25) is 0 Å². The number of hydrogen-bond acceptors (Lipinski definition) is 3. The quantitative estimate of drug-likeness (QED) is 0.799. The van der Waals surface area contributed by atoms with Gasteiger partial charge in [-0.1, -0.05) is 19.3 Å². The standard InChI is InChI=1S/C16H19N3O/c20-16(19-11-4-2-1-3-5-12-19)14-9-8-13-7-6-10-17-15(13)18-14/h6-10H,1-5,11-12H2. The normalized spacial score (nSPS) is 16.7. The maximum absolute atomic E-state index is 12.5. The third kappa shape index (κ3) is 2.79. The molecule has 0 aliphatic carbocycles. The average molecular weight is 269 g/mol. The summed E-state index contributed by atoms with van der Waals surface area (Å²) in [6, 6.07) is 7.57. The van der Waals surface area contributed by atoms with Gasteiger partial charge in [0.25, 0.3) is 5.91 Å². The number of aromatic nitrogens is 2. The summed E-state index contributed by atoms with van der Waals surface area (Å²) in [7, 11) is 0. The van der Waals surface area contributed by atoms with Crippen molar-refractivity contribution < 1.29 is 4.79 Å². The Bertz CT molecular complexity index is 603. The number of carbonyl (C=O) groups is 1. The Morgan fingerprint density at radius 1 is 1.00 bits per heavy atom. The summed E-state index contributed by atoms with van der Waals surface area (Å²) in [4.78, 5) is 23.1. The van der Waals surface area contributed by atoms with Crippen LogP contribution in [0.3, 0.4) is 0 Å². The minimum absolute atomic E-state index is 0.0412. The Hall–Kier alpha value is -1.97. The SMILES string of the molecule is O=C(c1ccc2cccnc2n1)N1CCCCCCC1. The molecular weight excluding hydrogens is 250 g/mol. The third-order valence-corrected chi connectivity index (χ3v) is 3.83. The number of rotatable bonds is 1. The summed E-state index contributed by atoms with van der Waals surface area (Å²) in [5.41, 5.74) is 1.15. The maximum atomic E-state index is 12.5. The summed E-state index contributed by atoms with van der Waals surface area (Å²) >= 11 is 0. The van der Waals surface area contributed by atoms with Crippen LogP contribution < -0.4 is 0 Å². The van der Waals surface area contributed by atoms with E-state index in [1.54, 1.807) is 6.20 Å². The highest BCUT2D eigenvalue weighted by Crippen LogP contribution is 2.15. The fourth-order valence-electron chi connectivity index (χ4n) is 2.68. The largest absolute Gasteiger partial charge is 0.337 e. The first-order valence-electron chi connectivity index (χ1n) is 7.36. The van der Waals surface area contributed by atoms with Crippen molar-refractivity contribution in [2.45, 2.75) is 32.1 Å². The molecule has 0 spiro atoms. The summed E-state index contributed by atoms with van der Waals surface area (Å²) < 4.78 is 0. The van der Waals surface area contributed by atoms with Gasteiger partial charge >= 0.3 is 0 Å². The number of amides is 1. The Morgan fingerprint density at radius 3 is 2.55 bits per heavy atom. The predicted molar refractivity (Wildman–Crippen MR) is 78.5 cm³/mol. The van der Waals surface area contributed by atoms with Gasteiger partial charge in [-0.25, -0.2) is 9.97 Å². The highest BCUT2D eigenvalue weighted by Gasteiger charge is 2.18. The number of nitrogens with zero attached hydrogens (tertiary/aromatic N) is 3. The van der Waals surface area contributed by atoms with Gasteiger partial charge in [0.05, 0.1) is 0 Å². The smallest absolute Gasteiger partial charge is 0.272 e. The number of pyridine rings is 2. The van der Waals surface area contributed by atoms with Crippen molar-refractivity contribution in [3.63, 3.8) is 0 Å². The van der Waals surface area contributed by atoms with E-state index in [1.165, 1.54) is 19.3 Å². The molecule has 0 unspecified atom stereocenters. The summed E-state index contributed by atoms with van der Waals surface area (Å²) in [5, 5.41) is 0.969. The van der Waals surface area contributed by atoms with E-state index in [1.807, 2.05) is 29.2 Å². The molecule has 0 bridgehead atoms. The van der Waals surface area contributed by atoms with Crippen LogP contribution in [0.2, 0.25) is 0 Å². The molecule has 20 heavy (non-hydrogen) atoms. The van der Waals surface area contributed by atoms with Crippen molar-refractivity contribution in [3.8, 4) is 0 Å². The van der Waals surface area contributed by atoms with Gasteiger partial charge in [-0.15, -0.1) is 0 Å². The summed E-state index contributed by atoms with van der Waals surface area (Å²) in [6.45, 7) is 1.70. The number of carbonyl (C=O) groups excluding carboxylic acids is 1. The first kappa shape index (κ1) is 13.0. The lowest BCUT2D eigenvalue weighted by Gasteiger charge is -2.24. The van der Waals surface area contributed by atoms with Crippen LogP contribution in [0.4, 0.5) is 0 Å². The Kier molecular flexibility index (Phi) is 3.90. The van der Waals surface area contributed by atoms with Gasteiger partial charge in [0.1, 0.15) is 5.69 Å². The van der Waals surface area contributed by atoms with E-state index >= 15 is 0 Å². The molecule has 0 aromatic carbocycles. The zero-order chi connectivity index (χ0) is 13.8. The van der Waals surface area contributed by atoms with E-state index in [4.69, 9.17) is 0 Å². The molecule has 1 amide bonds. The lowest BCUT2D eigenvalue weighted by atomic mass is 10.1. The second-order valence-electron chi connectivity index (χ2n) is 5.31. The highest BCUT2D eigenvalue weighted by atomic mass is 16.2. The van der Waals surface area contributed by atoms with E-state index in [0.717, 1.165) is 31.3 Å². The Labute approximate surface area is 118 Å². The molecule has 2 aromatic heterocycles. The number of likely N-dealkylation sites (tertiary alicyclic amines) is 1. The van der Waals surface area contributed by atoms with Gasteiger partial charge in [-0.2, -0.15) is 0 Å². The molecule has 0 N–H and O–H groups in total. The minimum Gasteiger partial charge on any atom is -0.337 e. The van der Waals surface area contributed by atoms with E-state index in [0.29, 0.717) is 11.3 Å². The van der Waals surface area contributed by atoms with E-state index < -0.39 is 0 Å². The topological polar surface area (TPSA) is 46.1 Å². The second kappa shape index (κ2) is 5.99. The number of fused-ring (bicyclic) bond motifs is 1. The number of hydrogen-bond donors (Lipinski definition) is 0. The van der Waals surface area contributed by atoms with Crippen LogP contribution >= 0.6 is 0 Å². The van der Waals surface area contributed by atoms with Gasteiger partial charge in [-0.3, -0.25) is 4.79 Å². The Balaban J connectivity index is 1.83. The van der Waals surface area contributed by atoms with Gasteiger partial charge in [0.15, 0.2) is 5.65 Å². The van der Waals surface area contributed by atoms with E-state index in [-0.39, 0.29) is 5.91 Å². The van der Waals surface area contributed by atoms with Crippen molar-refractivity contribution in [2.24, 2.45) is 0 Å². The van der Waals surface area contributed by atoms with E-state index in [9.17, 15) is 4.79 Å². The van der Waals surface area contributed by atoms with Crippen molar-refractivity contribution >= 4 is 16.9 Å². The molecule has 3 heterocycles. The van der Waals surface area contributed by atoms with Crippen molar-refractivity contribution in [3.05, 3.63) is 36.2 Å². The van der Waals surface area contributed by atoms with Crippen LogP contribution in [0.25, 0.3) is 11.0 Å². The van der Waals surface area contributed by atoms with Crippen LogP contribution in [-0.4, -0.2) is 33.9 Å². The van der Waals surface area contributed by atoms with E-state index in [2.05, 4.69) is 9.97 Å². The molecular formula is C16H19N3O. The first-order chi connectivity index (χ1) is 9.84. The molecule has 1 fully saturated rings. The monoisotopic (exact) mass is 269 g/mol. The fourth-order valence-corrected chi connectivity index (χ4v) is 2.68. The lowest BCUT2D eigenvalue weighted by molar-refractivity contribution is 0.0737. The Morgan fingerprint density at radius 2 is 1.75 bits per heavy atom. The predicted octanol–water partition coefficient (Wildman–Crippen LogP) is 3.04. The van der Waals surface area contributed by atoms with Crippen LogP contribution in [0.15, 0.2) is 30.5 Å². The van der Waals surface area contributed by atoms with Crippen molar-refractivity contribution in [1.82, 2.24) is 14.9 Å². The van der Waals surface area contributed by atoms with Gasteiger partial charge in [-0.05, 0) is 37.1 Å². The zero-order valence-corrected chi connectivity index (χ0v) is 11.6. The maximum Gasteiger partial charge on any atom is 0.272 e. The molecule has 1 aliphatic heterocycles. The molecule has 4 heteroatoms. The van der Waals surface area contributed by atoms with Crippen LogP contribution in [0.1, 0.15) is 42.6 Å². The van der Waals surface area contributed by atoms with Crippen LogP contribution in [-0.2, 0) is 0 Å². The molecule has 1 saturated heterocycles. The van der Waals surface area contributed by atoms with Crippen LogP contribution in [0.5, 0.6) is 0 Å². The zero-order valence-electron chi connectivity index (χ0n) is 11.6. The average Bonchev–Trinajstić information content (AvgIpc) is 2.46. The fraction of sp³-hybridized carbons (Fsp3) is 0.438. The molecule has 2 aromatic rings. The molecule has 0 radical (unpaired) electrons. The lowest BCUT2D eigenvalue weighted by Crippen LogP contribution is -2.34. The molecule has 0 atom stereocenters. The van der Waals surface area contributed by atoms with Crippen molar-refractivity contribution in [1.29, 1.82) is 0 Å². The highest BCUT2D eigenvalue weighted by molar-refractivity contribution is 5.94. The van der Waals surface area contributed by atoms with Gasteiger partial charge in [0, 0.05) is 24.7 Å². The first-order valence-corrected chi connectivity index (χ1v) is 7.36. The molecule has 3 rings (SSSR count).